The van der Waals surface area contributed by atoms with E-state index in [2.05, 4.69) is 161 Å². The van der Waals surface area contributed by atoms with Crippen LogP contribution in [0.1, 0.15) is 194 Å². The molecule has 0 unspecified atom stereocenters. The second kappa shape index (κ2) is 38.9. The van der Waals surface area contributed by atoms with Crippen molar-refractivity contribution in [2.75, 3.05) is 47.4 Å². The van der Waals surface area contributed by atoms with Crippen LogP contribution < -0.4 is 21.3 Å². The summed E-state index contributed by atoms with van der Waals surface area (Å²) in [7, 11) is 0. The molecule has 0 radical (unpaired) electrons. The molecule has 0 spiro atoms. The van der Waals surface area contributed by atoms with Gasteiger partial charge < -0.3 is 21.3 Å². The van der Waals surface area contributed by atoms with Gasteiger partial charge in [0, 0.05) is 59.3 Å². The van der Waals surface area contributed by atoms with Gasteiger partial charge in [-0.2, -0.15) is 34.2 Å². The number of aromatic nitrogens is 8. The molecule has 0 aliphatic heterocycles. The summed E-state index contributed by atoms with van der Waals surface area (Å²) in [5, 5.41) is 52.0. The fourth-order valence-corrected chi connectivity index (χ4v) is 16.7. The Morgan fingerprint density at radius 2 is 0.823 bits per heavy atom. The van der Waals surface area contributed by atoms with Gasteiger partial charge >= 0.3 is 6.18 Å². The normalized spacial score (nSPS) is 20.5. The zero-order chi connectivity index (χ0) is 82.0. The number of carbonyl (C=O) groups is 2. The van der Waals surface area contributed by atoms with Crippen LogP contribution in [0, 0.1) is 114 Å². The van der Waals surface area contributed by atoms with Gasteiger partial charge in [-0.1, -0.05) is 153 Å². The van der Waals surface area contributed by atoms with Crippen molar-refractivity contribution in [1.29, 1.82) is 21.0 Å². The first-order chi connectivity index (χ1) is 53.6. The van der Waals surface area contributed by atoms with Crippen molar-refractivity contribution >= 4 is 70.2 Å². The molecule has 4 aliphatic rings. The second-order valence-corrected chi connectivity index (χ2v) is 34.6. The highest BCUT2D eigenvalue weighted by molar-refractivity contribution is 6.31. The van der Waals surface area contributed by atoms with Gasteiger partial charge in [0.25, 0.3) is 0 Å². The third kappa shape index (κ3) is 23.7. The summed E-state index contributed by atoms with van der Waals surface area (Å²) in [5.74, 6) is 5.25. The number of rotatable bonds is 26. The minimum atomic E-state index is -4.46. The number of nitriles is 4. The topological polar surface area (TPSA) is 281 Å². The lowest BCUT2D eigenvalue weighted by atomic mass is 9.52. The first kappa shape index (κ1) is 87.3. The Morgan fingerprint density at radius 3 is 1.14 bits per heavy atom. The number of hydrogen-bond donors (Lipinski definition) is 4. The highest BCUT2D eigenvalue weighted by Crippen LogP contribution is 2.55. The van der Waals surface area contributed by atoms with Gasteiger partial charge in [0.15, 0.2) is 0 Å². The fraction of sp³-hybridized carbons (Fsp3) is 0.483. The summed E-state index contributed by atoms with van der Waals surface area (Å²) in [6.07, 6.45) is 12.6. The fourth-order valence-electron chi connectivity index (χ4n) is 16.0. The largest absolute Gasteiger partial charge is 0.419 e. The number of hydrogen-bond acceptors (Lipinski definition) is 18. The van der Waals surface area contributed by atoms with Crippen LogP contribution in [0.4, 0.5) is 37.0 Å². The van der Waals surface area contributed by atoms with Crippen LogP contribution in [-0.4, -0.2) is 77.6 Å². The number of ketones is 2. The molecule has 113 heavy (non-hydrogen) atoms. The number of Topliss-reactive ketones (excluding diaryl/α,β-unsaturated/α-hetero) is 2. The SMILES string of the molecule is CC(=O)[C@@H]1C[C@@H](Cc2nc(NCCc3cccc(Cl)c3)ncc2C#N)C1(C)C.CC(=O)[C@H]1C[C@H](Cc2nc(NCCc3cccc(Cl)c3)ncc2C#N)C1(C)C.C[C@H]1CC[C@@H](Cc2nc(NCCc3ccc(C#N)cc3)ncc2C(F)(F)F)CC1(C)C.C[C@H]1C[C@@H](Cc2nc(NCCc3cccc(Cl)c3)ncc2C#N)C1(C)C. The number of carbonyl (C=O) groups excluding carboxylic acids is 2. The number of halogens is 6. The van der Waals surface area contributed by atoms with Gasteiger partial charge in [-0.05, 0) is 232 Å². The summed E-state index contributed by atoms with van der Waals surface area (Å²) in [4.78, 5) is 58.4. The molecule has 4 saturated carbocycles. The molecule has 0 saturated heterocycles. The smallest absolute Gasteiger partial charge is 0.354 e. The monoisotopic (exact) mass is 1590 g/mol. The van der Waals surface area contributed by atoms with Crippen LogP contribution >= 0.6 is 34.8 Å². The van der Waals surface area contributed by atoms with Crippen molar-refractivity contribution in [3.05, 3.63) is 210 Å². The Bertz CT molecular complexity index is 4640. The van der Waals surface area contributed by atoms with E-state index >= 15 is 0 Å². The minimum absolute atomic E-state index is 0.0658. The predicted octanol–water partition coefficient (Wildman–Crippen LogP) is 19.8. The molecule has 594 valence electrons. The minimum Gasteiger partial charge on any atom is -0.354 e. The number of anilines is 4. The molecule has 4 aromatic heterocycles. The van der Waals surface area contributed by atoms with E-state index in [1.165, 1.54) is 12.0 Å². The first-order valence-corrected chi connectivity index (χ1v) is 40.1. The van der Waals surface area contributed by atoms with E-state index in [1.54, 1.807) is 44.6 Å². The molecule has 4 aromatic carbocycles. The summed E-state index contributed by atoms with van der Waals surface area (Å²) >= 11 is 18.1. The third-order valence-electron chi connectivity index (χ3n) is 24.5. The van der Waals surface area contributed by atoms with Crippen molar-refractivity contribution in [2.24, 2.45) is 69.0 Å². The Kier molecular flexibility index (Phi) is 30.1. The molecule has 4 aliphatic carbocycles. The van der Waals surface area contributed by atoms with E-state index < -0.39 is 11.7 Å². The Morgan fingerprint density at radius 1 is 0.460 bits per heavy atom. The van der Waals surface area contributed by atoms with Crippen LogP contribution in [0.2, 0.25) is 15.1 Å². The number of nitrogens with zero attached hydrogens (tertiary/aromatic N) is 12. The molecule has 12 rings (SSSR count). The van der Waals surface area contributed by atoms with E-state index in [9.17, 15) is 38.5 Å². The average Bonchev–Trinajstić information content (AvgIpc) is 0.762. The van der Waals surface area contributed by atoms with Crippen molar-refractivity contribution < 1.29 is 22.8 Å². The number of alkyl halides is 3. The van der Waals surface area contributed by atoms with Crippen LogP contribution in [0.25, 0.3) is 0 Å². The lowest BCUT2D eigenvalue weighted by Gasteiger charge is -2.51. The van der Waals surface area contributed by atoms with E-state index in [0.717, 1.165) is 125 Å². The molecule has 4 fully saturated rings. The van der Waals surface area contributed by atoms with Gasteiger partial charge in [-0.3, -0.25) is 9.59 Å². The molecule has 4 heterocycles. The average molecular weight is 1590 g/mol. The zero-order valence-corrected chi connectivity index (χ0v) is 69.1. The van der Waals surface area contributed by atoms with Crippen LogP contribution in [0.5, 0.6) is 0 Å². The maximum Gasteiger partial charge on any atom is 0.419 e. The molecule has 24 heteroatoms. The zero-order valence-electron chi connectivity index (χ0n) is 66.8. The summed E-state index contributed by atoms with van der Waals surface area (Å²) in [5.41, 5.74) is 8.66. The highest BCUT2D eigenvalue weighted by Gasteiger charge is 2.52. The van der Waals surface area contributed by atoms with E-state index in [-0.39, 0.29) is 57.2 Å². The molecular weight excluding hydrogens is 1490 g/mol. The van der Waals surface area contributed by atoms with Gasteiger partial charge in [0.1, 0.15) is 29.8 Å². The van der Waals surface area contributed by atoms with Crippen LogP contribution in [-0.2, 0) is 67.1 Å². The maximum absolute atomic E-state index is 13.6. The molecule has 4 N–H and O–H groups in total. The van der Waals surface area contributed by atoms with E-state index in [0.29, 0.717) is 115 Å². The van der Waals surface area contributed by atoms with Gasteiger partial charge in [-0.15, -0.1) is 0 Å². The summed E-state index contributed by atoms with van der Waals surface area (Å²) in [6.45, 7) is 27.9. The standard InChI is InChI=1S/C24H29F3N4.2C22H25ClN4O.C21H25ClN4/c1-16-4-5-19(13-23(16,2)3)12-21-20(24(25,26)27)15-30-22(31-21)29-11-10-17-6-8-18(14-28)9-7-17;2*1-14(28)19-10-17(22(19,2)3)11-20-16(12-24)13-26-21(27-20)25-8-7-15-5-4-6-18(23)9-15;1-14-9-17(21(14,2)3)11-19-16(12-23)13-25-20(26-19)24-8-7-15-5-4-6-18(22)10-15/h6-9,15-16,19H,4-5,10-13H2,1-3H3,(H,29,30,31);2*4-6,9,13,17,19H,7-8,10-11H2,1-3H3,(H,25,26,27);4-6,10,13-14,17H,7-9,11H2,1-3H3,(H,24,25,26)/t16-,19-;2*17-,19-;14-,17-/m0100/s1. The molecule has 18 nitrogen and oxygen atoms in total. The van der Waals surface area contributed by atoms with Gasteiger partial charge in [0.05, 0.1) is 75.3 Å². The molecule has 0 amide bonds. The highest BCUT2D eigenvalue weighted by atomic mass is 35.5. The molecular formula is C89H104Cl3F3N16O2. The molecule has 8 aromatic rings. The quantitative estimate of drug-likeness (QED) is 0.0392. The molecule has 8 atom stereocenters. The van der Waals surface area contributed by atoms with Crippen molar-refractivity contribution in [3.8, 4) is 24.3 Å². The third-order valence-corrected chi connectivity index (χ3v) is 25.2. The van der Waals surface area contributed by atoms with Crippen LogP contribution in [0.3, 0.4) is 0 Å². The van der Waals surface area contributed by atoms with E-state index in [1.807, 2.05) is 78.9 Å². The lowest BCUT2D eigenvalue weighted by Crippen LogP contribution is -2.49. The Hall–Kier alpha value is -9.64. The van der Waals surface area contributed by atoms with Gasteiger partial charge in [0.2, 0.25) is 23.8 Å². The van der Waals surface area contributed by atoms with Crippen molar-refractivity contribution in [1.82, 2.24) is 39.9 Å². The van der Waals surface area contributed by atoms with Crippen molar-refractivity contribution in [3.63, 3.8) is 0 Å². The van der Waals surface area contributed by atoms with Crippen molar-refractivity contribution in [2.45, 2.75) is 179 Å². The first-order valence-electron chi connectivity index (χ1n) is 39.0. The second-order valence-electron chi connectivity index (χ2n) is 33.3. The Balaban J connectivity index is 0.000000173. The maximum atomic E-state index is 13.6. The van der Waals surface area contributed by atoms with Gasteiger partial charge in [-0.25, -0.2) is 39.9 Å². The number of benzene rings is 4. The Labute approximate surface area is 679 Å². The summed E-state index contributed by atoms with van der Waals surface area (Å²) < 4.78 is 40.7. The predicted molar refractivity (Wildman–Crippen MR) is 440 cm³/mol. The lowest BCUT2D eigenvalue weighted by molar-refractivity contribution is -0.139. The van der Waals surface area contributed by atoms with Crippen LogP contribution in [0.15, 0.2) is 122 Å². The van der Waals surface area contributed by atoms with E-state index in [4.69, 9.17) is 40.1 Å². The number of nitrogens with one attached hydrogen (secondary N) is 4. The molecule has 0 bridgehead atoms. The summed E-state index contributed by atoms with van der Waals surface area (Å²) in [6, 6.07) is 39.3.